The first-order valence-electron chi connectivity index (χ1n) is 10.1. The number of aromatic nitrogens is 3. The summed E-state index contributed by atoms with van der Waals surface area (Å²) in [6.45, 7) is 0.731. The molecule has 3 heterocycles. The lowest BCUT2D eigenvalue weighted by Gasteiger charge is -2.17. The Morgan fingerprint density at radius 1 is 1.16 bits per heavy atom. The molecule has 2 aromatic heterocycles. The van der Waals surface area contributed by atoms with Crippen LogP contribution < -0.4 is 11.1 Å². The van der Waals surface area contributed by atoms with Crippen molar-refractivity contribution >= 4 is 44.2 Å². The summed E-state index contributed by atoms with van der Waals surface area (Å²) in [5.74, 6) is 0.409. The molecule has 0 saturated carbocycles. The van der Waals surface area contributed by atoms with Crippen molar-refractivity contribution < 1.29 is 8.42 Å². The number of hydrogen-bond donors (Lipinski definition) is 3. The minimum Gasteiger partial charge on any atom is -0.399 e. The van der Waals surface area contributed by atoms with Crippen LogP contribution in [-0.2, 0) is 10.0 Å². The van der Waals surface area contributed by atoms with Crippen LogP contribution in [0.4, 0.5) is 11.6 Å². The lowest BCUT2D eigenvalue weighted by Crippen LogP contribution is -2.32. The largest absolute Gasteiger partial charge is 0.399 e. The SMILES string of the molecule is Nc1ccc(S(=O)(=O)N2CCC(Nc3ncc(Cl)c(-c4c[nH]c5ccccc45)n3)C2)cc1. The standard InChI is InChI=1S/C22H21ClN6O2S/c23-19-12-26-22(28-21(19)18-11-25-20-4-2-1-3-17(18)20)27-15-9-10-29(13-15)32(30,31)16-7-5-14(24)6-8-16/h1-8,11-12,15,25H,9-10,13,24H2,(H,26,27,28). The summed E-state index contributed by atoms with van der Waals surface area (Å²) in [6.07, 6.45) is 4.08. The Hall–Kier alpha value is -3.14. The van der Waals surface area contributed by atoms with Gasteiger partial charge in [0.25, 0.3) is 0 Å². The number of rotatable bonds is 5. The Labute approximate surface area is 190 Å². The quantitative estimate of drug-likeness (QED) is 0.384. The zero-order chi connectivity index (χ0) is 22.3. The number of anilines is 2. The molecule has 1 atom stereocenters. The van der Waals surface area contributed by atoms with Gasteiger partial charge in [-0.3, -0.25) is 0 Å². The molecule has 4 N–H and O–H groups in total. The number of halogens is 1. The van der Waals surface area contributed by atoms with Crippen LogP contribution in [-0.4, -0.2) is 46.8 Å². The number of para-hydroxylation sites is 1. The molecule has 0 radical (unpaired) electrons. The van der Waals surface area contributed by atoms with Gasteiger partial charge in [0.1, 0.15) is 0 Å². The third-order valence-corrected chi connectivity index (χ3v) is 7.75. The number of benzene rings is 2. The van der Waals surface area contributed by atoms with E-state index in [1.807, 2.05) is 30.5 Å². The van der Waals surface area contributed by atoms with Crippen molar-refractivity contribution in [3.63, 3.8) is 0 Å². The van der Waals surface area contributed by atoms with Crippen LogP contribution in [0.1, 0.15) is 6.42 Å². The molecule has 5 rings (SSSR count). The smallest absolute Gasteiger partial charge is 0.243 e. The number of nitrogens with zero attached hydrogens (tertiary/aromatic N) is 3. The molecular weight excluding hydrogens is 448 g/mol. The van der Waals surface area contributed by atoms with Crippen molar-refractivity contribution in [2.24, 2.45) is 0 Å². The Bertz CT molecular complexity index is 1390. The van der Waals surface area contributed by atoms with Crippen LogP contribution in [0.5, 0.6) is 0 Å². The molecule has 164 valence electrons. The fourth-order valence-electron chi connectivity index (χ4n) is 3.93. The second-order valence-corrected chi connectivity index (χ2v) is 10.0. The predicted octanol–water partition coefficient (Wildman–Crippen LogP) is 3.74. The van der Waals surface area contributed by atoms with Gasteiger partial charge in [0.2, 0.25) is 16.0 Å². The van der Waals surface area contributed by atoms with E-state index in [0.717, 1.165) is 16.5 Å². The molecule has 1 saturated heterocycles. The first-order valence-corrected chi connectivity index (χ1v) is 11.9. The van der Waals surface area contributed by atoms with Gasteiger partial charge in [-0.25, -0.2) is 18.4 Å². The zero-order valence-electron chi connectivity index (χ0n) is 17.0. The van der Waals surface area contributed by atoms with E-state index in [0.29, 0.717) is 41.9 Å². The molecule has 8 nitrogen and oxygen atoms in total. The van der Waals surface area contributed by atoms with E-state index in [1.165, 1.54) is 16.4 Å². The summed E-state index contributed by atoms with van der Waals surface area (Å²) in [7, 11) is -3.58. The molecule has 1 fully saturated rings. The summed E-state index contributed by atoms with van der Waals surface area (Å²) in [4.78, 5) is 12.4. The number of fused-ring (bicyclic) bond motifs is 1. The number of nitrogen functional groups attached to an aromatic ring is 1. The summed E-state index contributed by atoms with van der Waals surface area (Å²) in [5, 5.41) is 4.72. The maximum atomic E-state index is 12.9. The second-order valence-electron chi connectivity index (χ2n) is 7.70. The van der Waals surface area contributed by atoms with Gasteiger partial charge in [-0.15, -0.1) is 0 Å². The molecule has 0 spiro atoms. The van der Waals surface area contributed by atoms with E-state index in [1.54, 1.807) is 18.3 Å². The maximum absolute atomic E-state index is 12.9. The highest BCUT2D eigenvalue weighted by atomic mass is 35.5. The Kier molecular flexibility index (Phi) is 5.24. The summed E-state index contributed by atoms with van der Waals surface area (Å²) in [5.41, 5.74) is 8.69. The third-order valence-electron chi connectivity index (χ3n) is 5.59. The van der Waals surface area contributed by atoms with Crippen LogP contribution in [0.15, 0.2) is 65.8 Å². The van der Waals surface area contributed by atoms with Crippen LogP contribution in [0.3, 0.4) is 0 Å². The van der Waals surface area contributed by atoms with Crippen LogP contribution in [0.2, 0.25) is 5.02 Å². The highest BCUT2D eigenvalue weighted by Crippen LogP contribution is 2.32. The minimum absolute atomic E-state index is 0.115. The van der Waals surface area contributed by atoms with Gasteiger partial charge < -0.3 is 16.0 Å². The lowest BCUT2D eigenvalue weighted by atomic mass is 10.1. The maximum Gasteiger partial charge on any atom is 0.243 e. The van der Waals surface area contributed by atoms with Crippen molar-refractivity contribution in [1.29, 1.82) is 0 Å². The number of nitrogens with two attached hydrogens (primary N) is 1. The van der Waals surface area contributed by atoms with E-state index in [-0.39, 0.29) is 10.9 Å². The van der Waals surface area contributed by atoms with Crippen molar-refractivity contribution in [2.75, 3.05) is 24.1 Å². The predicted molar refractivity (Wildman–Crippen MR) is 126 cm³/mol. The van der Waals surface area contributed by atoms with E-state index in [2.05, 4.69) is 20.3 Å². The molecule has 10 heteroatoms. The first-order chi connectivity index (χ1) is 15.4. The average Bonchev–Trinajstić information content (AvgIpc) is 3.43. The molecule has 4 aromatic rings. The topological polar surface area (TPSA) is 117 Å². The van der Waals surface area contributed by atoms with Crippen molar-refractivity contribution in [1.82, 2.24) is 19.3 Å². The molecule has 2 aromatic carbocycles. The fraction of sp³-hybridized carbons (Fsp3) is 0.182. The van der Waals surface area contributed by atoms with E-state index in [4.69, 9.17) is 17.3 Å². The number of hydrogen-bond acceptors (Lipinski definition) is 6. The van der Waals surface area contributed by atoms with Crippen molar-refractivity contribution in [3.05, 3.63) is 65.9 Å². The molecule has 1 aliphatic rings. The molecule has 0 aliphatic carbocycles. The Morgan fingerprint density at radius 3 is 2.75 bits per heavy atom. The van der Waals surface area contributed by atoms with Gasteiger partial charge in [0.05, 0.1) is 21.8 Å². The fourth-order valence-corrected chi connectivity index (χ4v) is 5.62. The van der Waals surface area contributed by atoms with E-state index >= 15 is 0 Å². The van der Waals surface area contributed by atoms with E-state index in [9.17, 15) is 8.42 Å². The van der Waals surface area contributed by atoms with Crippen molar-refractivity contribution in [2.45, 2.75) is 17.4 Å². The van der Waals surface area contributed by atoms with Crippen LogP contribution in [0, 0.1) is 0 Å². The first kappa shape index (κ1) is 20.7. The summed E-state index contributed by atoms with van der Waals surface area (Å²) >= 11 is 6.40. The monoisotopic (exact) mass is 468 g/mol. The minimum atomic E-state index is -3.58. The highest BCUT2D eigenvalue weighted by Gasteiger charge is 2.33. The van der Waals surface area contributed by atoms with E-state index < -0.39 is 10.0 Å². The van der Waals surface area contributed by atoms with Gasteiger partial charge in [-0.05, 0) is 36.8 Å². The Morgan fingerprint density at radius 2 is 1.94 bits per heavy atom. The van der Waals surface area contributed by atoms with Gasteiger partial charge in [0, 0.05) is 47.5 Å². The average molecular weight is 469 g/mol. The number of sulfonamides is 1. The van der Waals surface area contributed by atoms with Crippen molar-refractivity contribution in [3.8, 4) is 11.3 Å². The van der Waals surface area contributed by atoms with Gasteiger partial charge >= 0.3 is 0 Å². The number of H-pyrrole nitrogens is 1. The normalized spacial score (nSPS) is 17.1. The highest BCUT2D eigenvalue weighted by molar-refractivity contribution is 7.89. The molecular formula is C22H21ClN6O2S. The van der Waals surface area contributed by atoms with Gasteiger partial charge in [-0.2, -0.15) is 4.31 Å². The van der Waals surface area contributed by atoms with Gasteiger partial charge in [0.15, 0.2) is 0 Å². The molecule has 1 aliphatic heterocycles. The number of aromatic amines is 1. The number of nitrogens with one attached hydrogen (secondary N) is 2. The molecule has 0 amide bonds. The van der Waals surface area contributed by atoms with Crippen LogP contribution in [0.25, 0.3) is 22.2 Å². The summed E-state index contributed by atoms with van der Waals surface area (Å²) < 4.78 is 27.3. The molecule has 0 bridgehead atoms. The molecule has 1 unspecified atom stereocenters. The van der Waals surface area contributed by atoms with Gasteiger partial charge in [-0.1, -0.05) is 29.8 Å². The third kappa shape index (κ3) is 3.79. The lowest BCUT2D eigenvalue weighted by molar-refractivity contribution is 0.474. The summed E-state index contributed by atoms with van der Waals surface area (Å²) in [6, 6.07) is 14.0. The second kappa shape index (κ2) is 8.09. The zero-order valence-corrected chi connectivity index (χ0v) is 18.6. The Balaban J connectivity index is 1.35. The van der Waals surface area contributed by atoms with Crippen LogP contribution >= 0.6 is 11.6 Å². The molecule has 32 heavy (non-hydrogen) atoms.